The Balaban J connectivity index is 1.64. The van der Waals surface area contributed by atoms with Gasteiger partial charge in [-0.05, 0) is 43.3 Å². The Morgan fingerprint density at radius 3 is 2.54 bits per heavy atom. The number of nitrogens with zero attached hydrogens (tertiary/aromatic N) is 5. The van der Waals surface area contributed by atoms with Crippen LogP contribution in [0.15, 0.2) is 67.1 Å². The van der Waals surface area contributed by atoms with Crippen molar-refractivity contribution in [2.45, 2.75) is 13.5 Å². The summed E-state index contributed by atoms with van der Waals surface area (Å²) in [7, 11) is 0. The monoisotopic (exact) mass is 375 g/mol. The molecular formula is C21H18FN5O. The summed E-state index contributed by atoms with van der Waals surface area (Å²) in [5.74, 6) is 0.0769. The molecule has 7 heteroatoms. The van der Waals surface area contributed by atoms with E-state index in [1.54, 1.807) is 34.1 Å². The summed E-state index contributed by atoms with van der Waals surface area (Å²) in [5.41, 5.74) is 2.70. The molecule has 0 saturated heterocycles. The summed E-state index contributed by atoms with van der Waals surface area (Å²) in [4.78, 5) is 27.7. The number of aromatic nitrogens is 4. The van der Waals surface area contributed by atoms with Gasteiger partial charge in [-0.15, -0.1) is 0 Å². The number of carbonyl (C=O) groups is 1. The molecule has 0 bridgehead atoms. The minimum atomic E-state index is -0.318. The Morgan fingerprint density at radius 2 is 1.82 bits per heavy atom. The van der Waals surface area contributed by atoms with Gasteiger partial charge in [0, 0.05) is 17.8 Å². The molecule has 0 unspecified atom stereocenters. The number of benzene rings is 2. The van der Waals surface area contributed by atoms with Gasteiger partial charge in [-0.1, -0.05) is 18.2 Å². The second kappa shape index (κ2) is 7.56. The molecule has 2 aromatic carbocycles. The maximum atomic E-state index is 13.2. The molecule has 0 spiro atoms. The van der Waals surface area contributed by atoms with Crippen LogP contribution in [0.2, 0.25) is 0 Å². The van der Waals surface area contributed by atoms with E-state index < -0.39 is 0 Å². The number of halogens is 1. The van der Waals surface area contributed by atoms with Crippen LogP contribution in [0.4, 0.5) is 10.1 Å². The Labute approximate surface area is 161 Å². The molecule has 0 radical (unpaired) electrons. The zero-order valence-electron chi connectivity index (χ0n) is 15.3. The Morgan fingerprint density at radius 1 is 1.07 bits per heavy atom. The molecule has 0 fully saturated rings. The van der Waals surface area contributed by atoms with Crippen LogP contribution in [-0.2, 0) is 11.3 Å². The van der Waals surface area contributed by atoms with Gasteiger partial charge >= 0.3 is 0 Å². The summed E-state index contributed by atoms with van der Waals surface area (Å²) < 4.78 is 14.9. The number of rotatable bonds is 5. The van der Waals surface area contributed by atoms with Gasteiger partial charge in [-0.3, -0.25) is 4.79 Å². The van der Waals surface area contributed by atoms with Crippen molar-refractivity contribution >= 4 is 22.8 Å². The van der Waals surface area contributed by atoms with Gasteiger partial charge in [-0.25, -0.2) is 19.3 Å². The highest BCUT2D eigenvalue weighted by Crippen LogP contribution is 2.19. The second-order valence-corrected chi connectivity index (χ2v) is 6.26. The van der Waals surface area contributed by atoms with Gasteiger partial charge in [0.1, 0.15) is 17.9 Å². The second-order valence-electron chi connectivity index (χ2n) is 6.26. The lowest BCUT2D eigenvalue weighted by atomic mass is 10.2. The fraction of sp³-hybridized carbons (Fsp3) is 0.143. The van der Waals surface area contributed by atoms with Crippen molar-refractivity contribution in [3.63, 3.8) is 0 Å². The quantitative estimate of drug-likeness (QED) is 0.534. The third-order valence-electron chi connectivity index (χ3n) is 4.45. The molecule has 0 aliphatic rings. The molecule has 140 valence electrons. The van der Waals surface area contributed by atoms with Crippen molar-refractivity contribution < 1.29 is 9.18 Å². The standard InChI is InChI=1S/C21H18FN5O/c1-2-27(17-6-4-3-5-7-17)19(28)13-26-14-24-18-12-23-20(25-21(18)26)15-8-10-16(22)11-9-15/h3-12,14H,2,13H2,1H3. The summed E-state index contributed by atoms with van der Waals surface area (Å²) in [6, 6.07) is 15.5. The van der Waals surface area contributed by atoms with Gasteiger partial charge in [0.2, 0.25) is 5.91 Å². The fourth-order valence-corrected chi connectivity index (χ4v) is 3.05. The summed E-state index contributed by atoms with van der Waals surface area (Å²) in [6.07, 6.45) is 3.20. The predicted octanol–water partition coefficient (Wildman–Crippen LogP) is 3.69. The van der Waals surface area contributed by atoms with Gasteiger partial charge in [0.25, 0.3) is 0 Å². The lowest BCUT2D eigenvalue weighted by Gasteiger charge is -2.21. The van der Waals surface area contributed by atoms with Crippen molar-refractivity contribution in [2.24, 2.45) is 0 Å². The van der Waals surface area contributed by atoms with E-state index in [0.29, 0.717) is 29.1 Å². The van der Waals surface area contributed by atoms with Gasteiger partial charge < -0.3 is 9.47 Å². The van der Waals surface area contributed by atoms with Crippen LogP contribution in [0.25, 0.3) is 22.6 Å². The van der Waals surface area contributed by atoms with Crippen molar-refractivity contribution in [1.29, 1.82) is 0 Å². The Bertz CT molecular complexity index is 1110. The van der Waals surface area contributed by atoms with Gasteiger partial charge in [0.15, 0.2) is 11.5 Å². The maximum Gasteiger partial charge on any atom is 0.247 e. The first-order valence-corrected chi connectivity index (χ1v) is 8.95. The van der Waals surface area contributed by atoms with Crippen molar-refractivity contribution in [3.05, 3.63) is 72.9 Å². The van der Waals surface area contributed by atoms with Gasteiger partial charge in [0.05, 0.1) is 12.5 Å². The van der Waals surface area contributed by atoms with Crippen molar-refractivity contribution in [3.8, 4) is 11.4 Å². The normalized spacial score (nSPS) is 10.9. The Hall–Kier alpha value is -3.61. The van der Waals surface area contributed by atoms with Crippen LogP contribution in [-0.4, -0.2) is 32.0 Å². The molecule has 1 amide bonds. The molecule has 4 rings (SSSR count). The largest absolute Gasteiger partial charge is 0.311 e. The number of carbonyl (C=O) groups excluding carboxylic acids is 1. The SMILES string of the molecule is CCN(C(=O)Cn1cnc2cnc(-c3ccc(F)cc3)nc21)c1ccccc1. The smallest absolute Gasteiger partial charge is 0.247 e. The van der Waals surface area contributed by atoms with E-state index in [2.05, 4.69) is 15.0 Å². The molecule has 0 aliphatic carbocycles. The molecule has 4 aromatic rings. The highest BCUT2D eigenvalue weighted by atomic mass is 19.1. The number of imidazole rings is 1. The van der Waals surface area contributed by atoms with Crippen LogP contribution < -0.4 is 4.90 Å². The maximum absolute atomic E-state index is 13.2. The number of amides is 1. The average Bonchev–Trinajstić information content (AvgIpc) is 3.12. The number of para-hydroxylation sites is 1. The van der Waals surface area contributed by atoms with E-state index in [1.807, 2.05) is 37.3 Å². The molecule has 0 saturated carbocycles. The number of likely N-dealkylation sites (N-methyl/N-ethyl adjacent to an activating group) is 1. The topological polar surface area (TPSA) is 63.9 Å². The minimum Gasteiger partial charge on any atom is -0.311 e. The zero-order chi connectivity index (χ0) is 19.5. The molecule has 0 N–H and O–H groups in total. The molecular weight excluding hydrogens is 357 g/mol. The molecule has 28 heavy (non-hydrogen) atoms. The van der Waals surface area contributed by atoms with E-state index >= 15 is 0 Å². The molecule has 0 aliphatic heterocycles. The third kappa shape index (κ3) is 3.46. The first-order valence-electron chi connectivity index (χ1n) is 8.95. The zero-order valence-corrected chi connectivity index (χ0v) is 15.3. The number of fused-ring (bicyclic) bond motifs is 1. The third-order valence-corrected chi connectivity index (χ3v) is 4.45. The first-order chi connectivity index (χ1) is 13.7. The van der Waals surface area contributed by atoms with E-state index in [4.69, 9.17) is 0 Å². The molecule has 0 atom stereocenters. The highest BCUT2D eigenvalue weighted by Gasteiger charge is 2.16. The predicted molar refractivity (Wildman–Crippen MR) is 105 cm³/mol. The van der Waals surface area contributed by atoms with E-state index in [9.17, 15) is 9.18 Å². The fourth-order valence-electron chi connectivity index (χ4n) is 3.05. The van der Waals surface area contributed by atoms with Crippen LogP contribution in [0.5, 0.6) is 0 Å². The molecule has 6 nitrogen and oxygen atoms in total. The number of hydrogen-bond donors (Lipinski definition) is 0. The summed E-state index contributed by atoms with van der Waals surface area (Å²) in [5, 5.41) is 0. The number of anilines is 1. The van der Waals surface area contributed by atoms with Crippen molar-refractivity contribution in [2.75, 3.05) is 11.4 Å². The minimum absolute atomic E-state index is 0.0602. The lowest BCUT2D eigenvalue weighted by Crippen LogP contribution is -2.33. The van der Waals surface area contributed by atoms with E-state index in [-0.39, 0.29) is 18.3 Å². The van der Waals surface area contributed by atoms with Crippen LogP contribution >= 0.6 is 0 Å². The lowest BCUT2D eigenvalue weighted by molar-refractivity contribution is -0.119. The van der Waals surface area contributed by atoms with E-state index in [0.717, 1.165) is 5.69 Å². The van der Waals surface area contributed by atoms with Crippen molar-refractivity contribution in [1.82, 2.24) is 19.5 Å². The first kappa shape index (κ1) is 17.8. The van der Waals surface area contributed by atoms with Gasteiger partial charge in [-0.2, -0.15) is 0 Å². The number of hydrogen-bond acceptors (Lipinski definition) is 4. The molecule has 2 aromatic heterocycles. The van der Waals surface area contributed by atoms with Crippen LogP contribution in [0.3, 0.4) is 0 Å². The average molecular weight is 375 g/mol. The highest BCUT2D eigenvalue weighted by molar-refractivity contribution is 5.93. The van der Waals surface area contributed by atoms with Crippen LogP contribution in [0.1, 0.15) is 6.92 Å². The summed E-state index contributed by atoms with van der Waals surface area (Å²) in [6.45, 7) is 2.61. The summed E-state index contributed by atoms with van der Waals surface area (Å²) >= 11 is 0. The van der Waals surface area contributed by atoms with E-state index in [1.165, 1.54) is 12.1 Å². The molecule has 2 heterocycles. The Kier molecular flexibility index (Phi) is 4.80. The van der Waals surface area contributed by atoms with Crippen LogP contribution in [0, 0.1) is 5.82 Å².